The van der Waals surface area contributed by atoms with E-state index in [2.05, 4.69) is 5.32 Å². The number of nitro groups is 1. The molecule has 5 nitrogen and oxygen atoms in total. The molecule has 0 bridgehead atoms. The number of anilines is 1. The molecule has 0 spiro atoms. The van der Waals surface area contributed by atoms with Crippen LogP contribution in [-0.2, 0) is 4.74 Å². The highest BCUT2D eigenvalue weighted by Crippen LogP contribution is 2.34. The van der Waals surface area contributed by atoms with Crippen LogP contribution in [0.25, 0.3) is 0 Å². The first kappa shape index (κ1) is 17.0. The van der Waals surface area contributed by atoms with Crippen molar-refractivity contribution in [1.29, 1.82) is 0 Å². The highest BCUT2D eigenvalue weighted by molar-refractivity contribution is 6.39. The molecule has 0 fully saturated rings. The van der Waals surface area contributed by atoms with Crippen LogP contribution in [0.1, 0.15) is 26.7 Å². The molecular formula is C13H18Cl2N2O3. The number of benzene rings is 1. The monoisotopic (exact) mass is 320 g/mol. The van der Waals surface area contributed by atoms with Crippen LogP contribution in [0.4, 0.5) is 11.4 Å². The summed E-state index contributed by atoms with van der Waals surface area (Å²) < 4.78 is 5.43. The maximum absolute atomic E-state index is 10.7. The summed E-state index contributed by atoms with van der Waals surface area (Å²) in [6.07, 6.45) is 2.06. The van der Waals surface area contributed by atoms with Gasteiger partial charge >= 0.3 is 0 Å². The summed E-state index contributed by atoms with van der Waals surface area (Å²) in [5, 5.41) is 14.3. The van der Waals surface area contributed by atoms with Gasteiger partial charge < -0.3 is 10.1 Å². The van der Waals surface area contributed by atoms with E-state index in [1.807, 2.05) is 13.8 Å². The Morgan fingerprint density at radius 3 is 2.40 bits per heavy atom. The Morgan fingerprint density at radius 2 is 1.90 bits per heavy atom. The fourth-order valence-corrected chi connectivity index (χ4v) is 2.20. The number of halogens is 2. The van der Waals surface area contributed by atoms with Gasteiger partial charge in [0.2, 0.25) is 0 Å². The van der Waals surface area contributed by atoms with Crippen molar-refractivity contribution in [2.24, 2.45) is 0 Å². The van der Waals surface area contributed by atoms with Crippen molar-refractivity contribution < 1.29 is 9.66 Å². The molecule has 7 heteroatoms. The van der Waals surface area contributed by atoms with E-state index in [9.17, 15) is 10.1 Å². The summed E-state index contributed by atoms with van der Waals surface area (Å²) in [6, 6.07) is 2.58. The van der Waals surface area contributed by atoms with Gasteiger partial charge in [-0.1, -0.05) is 23.2 Å². The molecule has 1 aromatic rings. The third-order valence-corrected chi connectivity index (χ3v) is 3.16. The molecule has 0 aliphatic heterocycles. The summed E-state index contributed by atoms with van der Waals surface area (Å²) in [5.74, 6) is 0. The van der Waals surface area contributed by atoms with Gasteiger partial charge in [-0.15, -0.1) is 0 Å². The van der Waals surface area contributed by atoms with Crippen molar-refractivity contribution in [1.82, 2.24) is 0 Å². The van der Waals surface area contributed by atoms with Crippen LogP contribution < -0.4 is 5.32 Å². The largest absolute Gasteiger partial charge is 0.383 e. The van der Waals surface area contributed by atoms with Crippen molar-refractivity contribution in [3.05, 3.63) is 32.3 Å². The Morgan fingerprint density at radius 1 is 1.30 bits per heavy atom. The molecule has 1 N–H and O–H groups in total. The van der Waals surface area contributed by atoms with E-state index in [1.54, 1.807) is 0 Å². The van der Waals surface area contributed by atoms with Crippen LogP contribution in [0.5, 0.6) is 0 Å². The van der Waals surface area contributed by atoms with Crippen molar-refractivity contribution in [3.63, 3.8) is 0 Å². The molecular weight excluding hydrogens is 303 g/mol. The number of nitro benzene ring substituents is 1. The summed E-state index contributed by atoms with van der Waals surface area (Å²) in [5.41, 5.74) is 0.416. The van der Waals surface area contributed by atoms with Crippen molar-refractivity contribution in [3.8, 4) is 0 Å². The highest BCUT2D eigenvalue weighted by Gasteiger charge is 2.14. The predicted octanol–water partition coefficient (Wildman–Crippen LogP) is 4.52. The Kier molecular flexibility index (Phi) is 7.05. The minimum absolute atomic E-state index is 0.115. The number of hydrogen-bond acceptors (Lipinski definition) is 4. The van der Waals surface area contributed by atoms with E-state index >= 15 is 0 Å². The standard InChI is InChI=1S/C13H18Cl2N2O3/c1-9(2)20-6-4-3-5-16-13-11(14)7-10(17(18)19)8-12(13)15/h7-9,16H,3-6H2,1-2H3. The van der Waals surface area contributed by atoms with Gasteiger partial charge in [-0.05, 0) is 26.7 Å². The second-order valence-electron chi connectivity index (χ2n) is 4.59. The summed E-state index contributed by atoms with van der Waals surface area (Å²) in [6.45, 7) is 5.38. The summed E-state index contributed by atoms with van der Waals surface area (Å²) >= 11 is 12.0. The summed E-state index contributed by atoms with van der Waals surface area (Å²) in [4.78, 5) is 10.1. The van der Waals surface area contributed by atoms with Crippen LogP contribution in [0.3, 0.4) is 0 Å². The zero-order chi connectivity index (χ0) is 15.1. The minimum atomic E-state index is -0.523. The summed E-state index contributed by atoms with van der Waals surface area (Å²) in [7, 11) is 0. The van der Waals surface area contributed by atoms with Crippen LogP contribution in [0, 0.1) is 10.1 Å². The number of nitrogens with one attached hydrogen (secondary N) is 1. The third-order valence-electron chi connectivity index (χ3n) is 2.56. The van der Waals surface area contributed by atoms with Crippen LogP contribution in [0.2, 0.25) is 10.0 Å². The SMILES string of the molecule is CC(C)OCCCCNc1c(Cl)cc([N+](=O)[O-])cc1Cl. The van der Waals surface area contributed by atoms with Gasteiger partial charge in [-0.2, -0.15) is 0 Å². The second kappa shape index (κ2) is 8.29. The lowest BCUT2D eigenvalue weighted by molar-refractivity contribution is -0.384. The van der Waals surface area contributed by atoms with E-state index in [0.717, 1.165) is 12.8 Å². The topological polar surface area (TPSA) is 64.4 Å². The van der Waals surface area contributed by atoms with Gasteiger partial charge in [0.05, 0.1) is 26.8 Å². The predicted molar refractivity (Wildman–Crippen MR) is 81.9 cm³/mol. The lowest BCUT2D eigenvalue weighted by atomic mass is 10.2. The number of ether oxygens (including phenoxy) is 1. The molecule has 1 rings (SSSR count). The van der Waals surface area contributed by atoms with E-state index < -0.39 is 4.92 Å². The minimum Gasteiger partial charge on any atom is -0.383 e. The number of unbranched alkanes of at least 4 members (excludes halogenated alkanes) is 1. The molecule has 1 aromatic carbocycles. The maximum atomic E-state index is 10.7. The molecule has 0 radical (unpaired) electrons. The van der Waals surface area contributed by atoms with E-state index in [-0.39, 0.29) is 21.8 Å². The molecule has 20 heavy (non-hydrogen) atoms. The molecule has 0 saturated carbocycles. The van der Waals surface area contributed by atoms with Gasteiger partial charge in [0.15, 0.2) is 0 Å². The Hall–Kier alpha value is -1.04. The van der Waals surface area contributed by atoms with E-state index in [1.165, 1.54) is 12.1 Å². The first-order valence-corrected chi connectivity index (χ1v) is 7.16. The number of nitrogens with zero attached hydrogens (tertiary/aromatic N) is 1. The van der Waals surface area contributed by atoms with E-state index in [4.69, 9.17) is 27.9 Å². The van der Waals surface area contributed by atoms with Crippen molar-refractivity contribution in [2.45, 2.75) is 32.8 Å². The van der Waals surface area contributed by atoms with Gasteiger partial charge in [-0.3, -0.25) is 10.1 Å². The lowest BCUT2D eigenvalue weighted by Crippen LogP contribution is -2.07. The van der Waals surface area contributed by atoms with Crippen LogP contribution >= 0.6 is 23.2 Å². The average molecular weight is 321 g/mol. The molecule has 0 atom stereocenters. The third kappa shape index (κ3) is 5.53. The Labute approximate surface area is 128 Å². The molecule has 0 aliphatic carbocycles. The lowest BCUT2D eigenvalue weighted by Gasteiger charge is -2.11. The normalized spacial score (nSPS) is 10.8. The van der Waals surface area contributed by atoms with Gasteiger partial charge in [0, 0.05) is 25.3 Å². The molecule has 112 valence electrons. The smallest absolute Gasteiger partial charge is 0.272 e. The molecule has 0 saturated heterocycles. The number of hydrogen-bond donors (Lipinski definition) is 1. The Balaban J connectivity index is 2.46. The average Bonchev–Trinajstić information content (AvgIpc) is 2.35. The first-order valence-electron chi connectivity index (χ1n) is 6.40. The Bertz CT molecular complexity index is 444. The molecule has 0 aromatic heterocycles. The quantitative estimate of drug-likeness (QED) is 0.434. The molecule has 0 unspecified atom stereocenters. The number of rotatable bonds is 8. The molecule has 0 amide bonds. The molecule has 0 aliphatic rings. The fraction of sp³-hybridized carbons (Fsp3) is 0.538. The van der Waals surface area contributed by atoms with Gasteiger partial charge in [0.1, 0.15) is 0 Å². The van der Waals surface area contributed by atoms with Crippen LogP contribution in [0.15, 0.2) is 12.1 Å². The van der Waals surface area contributed by atoms with Crippen molar-refractivity contribution >= 4 is 34.6 Å². The zero-order valence-corrected chi connectivity index (χ0v) is 13.0. The highest BCUT2D eigenvalue weighted by atomic mass is 35.5. The zero-order valence-electron chi connectivity index (χ0n) is 11.5. The maximum Gasteiger partial charge on any atom is 0.272 e. The fourth-order valence-electron chi connectivity index (χ4n) is 1.59. The first-order chi connectivity index (χ1) is 9.41. The van der Waals surface area contributed by atoms with Crippen LogP contribution in [-0.4, -0.2) is 24.2 Å². The second-order valence-corrected chi connectivity index (χ2v) is 5.41. The molecule has 0 heterocycles. The van der Waals surface area contributed by atoms with Gasteiger partial charge in [0.25, 0.3) is 5.69 Å². The number of non-ortho nitro benzene ring substituents is 1. The van der Waals surface area contributed by atoms with Gasteiger partial charge in [-0.25, -0.2) is 0 Å². The van der Waals surface area contributed by atoms with Crippen molar-refractivity contribution in [2.75, 3.05) is 18.5 Å². The van der Waals surface area contributed by atoms with E-state index in [0.29, 0.717) is 18.8 Å².